The van der Waals surface area contributed by atoms with E-state index >= 15 is 0 Å². The molecule has 2 aromatic rings. The van der Waals surface area contributed by atoms with Gasteiger partial charge in [0.25, 0.3) is 0 Å². The van der Waals surface area contributed by atoms with Crippen LogP contribution in [0.15, 0.2) is 17.6 Å². The summed E-state index contributed by atoms with van der Waals surface area (Å²) in [5.41, 5.74) is 4.06. The molecule has 0 radical (unpaired) electrons. The average molecular weight is 233 g/mol. The molecule has 16 heavy (non-hydrogen) atoms. The van der Waals surface area contributed by atoms with Crippen molar-refractivity contribution in [3.63, 3.8) is 0 Å². The quantitative estimate of drug-likeness (QED) is 0.816. The third-order valence-corrected chi connectivity index (χ3v) is 4.39. The molecule has 0 amide bonds. The fourth-order valence-corrected chi connectivity index (χ4v) is 3.35. The molecule has 0 saturated carbocycles. The Morgan fingerprint density at radius 2 is 2.44 bits per heavy atom. The zero-order valence-corrected chi connectivity index (χ0v) is 10.3. The number of nitrogens with one attached hydrogen (secondary N) is 1. The van der Waals surface area contributed by atoms with Crippen molar-refractivity contribution in [2.24, 2.45) is 7.05 Å². The van der Waals surface area contributed by atoms with Crippen molar-refractivity contribution < 1.29 is 0 Å². The molecule has 0 saturated heterocycles. The Labute approximate surface area is 99.1 Å². The fourth-order valence-electron chi connectivity index (χ4n) is 2.30. The van der Waals surface area contributed by atoms with Gasteiger partial charge in [-0.1, -0.05) is 0 Å². The molecular weight excluding hydrogens is 218 g/mol. The molecule has 1 aliphatic rings. The van der Waals surface area contributed by atoms with Crippen molar-refractivity contribution >= 4 is 11.3 Å². The van der Waals surface area contributed by atoms with Gasteiger partial charge in [-0.05, 0) is 30.4 Å². The van der Waals surface area contributed by atoms with Gasteiger partial charge in [-0.3, -0.25) is 4.68 Å². The highest BCUT2D eigenvalue weighted by atomic mass is 32.1. The highest BCUT2D eigenvalue weighted by Gasteiger charge is 2.25. The average Bonchev–Trinajstić information content (AvgIpc) is 2.87. The highest BCUT2D eigenvalue weighted by molar-refractivity contribution is 7.10. The Morgan fingerprint density at radius 3 is 3.19 bits per heavy atom. The van der Waals surface area contributed by atoms with Gasteiger partial charge in [-0.2, -0.15) is 5.10 Å². The van der Waals surface area contributed by atoms with Gasteiger partial charge in [0.15, 0.2) is 0 Å². The van der Waals surface area contributed by atoms with Crippen LogP contribution < -0.4 is 5.32 Å². The zero-order valence-electron chi connectivity index (χ0n) is 9.53. The van der Waals surface area contributed by atoms with Gasteiger partial charge in [0, 0.05) is 29.7 Å². The Hall–Kier alpha value is -1.13. The molecule has 0 fully saturated rings. The van der Waals surface area contributed by atoms with Gasteiger partial charge >= 0.3 is 0 Å². The standard InChI is InChI=1S/C12H15N3S/c1-8-10(7-14-15(8)2)11-12-9(3-5-13-11)4-6-16-12/h4,6-7,11,13H,3,5H2,1-2H3. The summed E-state index contributed by atoms with van der Waals surface area (Å²) in [7, 11) is 2.00. The van der Waals surface area contributed by atoms with Gasteiger partial charge in [0.05, 0.1) is 12.2 Å². The van der Waals surface area contributed by atoms with Gasteiger partial charge < -0.3 is 5.32 Å². The van der Waals surface area contributed by atoms with Crippen LogP contribution in [0.5, 0.6) is 0 Å². The molecule has 1 unspecified atom stereocenters. The molecule has 1 atom stereocenters. The summed E-state index contributed by atoms with van der Waals surface area (Å²) >= 11 is 1.85. The van der Waals surface area contributed by atoms with E-state index in [-0.39, 0.29) is 0 Å². The second-order valence-corrected chi connectivity index (χ2v) is 5.20. The molecule has 3 nitrogen and oxygen atoms in total. The lowest BCUT2D eigenvalue weighted by Gasteiger charge is -2.23. The normalized spacial score (nSPS) is 19.8. The summed E-state index contributed by atoms with van der Waals surface area (Å²) < 4.78 is 1.94. The van der Waals surface area contributed by atoms with Crippen LogP contribution in [0.1, 0.15) is 27.7 Å². The van der Waals surface area contributed by atoms with Crippen molar-refractivity contribution in [1.29, 1.82) is 0 Å². The lowest BCUT2D eigenvalue weighted by Crippen LogP contribution is -2.29. The number of rotatable bonds is 1. The van der Waals surface area contributed by atoms with Crippen LogP contribution in [0.4, 0.5) is 0 Å². The molecule has 0 aromatic carbocycles. The summed E-state index contributed by atoms with van der Waals surface area (Å²) in [6, 6.07) is 2.59. The molecule has 2 aromatic heterocycles. The highest BCUT2D eigenvalue weighted by Crippen LogP contribution is 2.33. The Morgan fingerprint density at radius 1 is 1.56 bits per heavy atom. The fraction of sp³-hybridized carbons (Fsp3) is 0.417. The van der Waals surface area contributed by atoms with E-state index in [1.165, 1.54) is 21.7 Å². The van der Waals surface area contributed by atoms with E-state index in [0.29, 0.717) is 6.04 Å². The maximum absolute atomic E-state index is 4.33. The van der Waals surface area contributed by atoms with Crippen molar-refractivity contribution in [1.82, 2.24) is 15.1 Å². The molecular formula is C12H15N3S. The minimum absolute atomic E-state index is 0.345. The monoisotopic (exact) mass is 233 g/mol. The SMILES string of the molecule is Cc1c(C2NCCc3ccsc32)cnn1C. The maximum Gasteiger partial charge on any atom is 0.0707 e. The van der Waals surface area contributed by atoms with Crippen LogP contribution in [0.3, 0.4) is 0 Å². The molecule has 4 heteroatoms. The smallest absolute Gasteiger partial charge is 0.0707 e. The van der Waals surface area contributed by atoms with Crippen LogP contribution in [0.2, 0.25) is 0 Å². The molecule has 0 aliphatic carbocycles. The number of thiophene rings is 1. The summed E-state index contributed by atoms with van der Waals surface area (Å²) in [6.07, 6.45) is 3.14. The number of aromatic nitrogens is 2. The van der Waals surface area contributed by atoms with Gasteiger partial charge in [-0.15, -0.1) is 11.3 Å². The third kappa shape index (κ3) is 1.41. The molecule has 0 spiro atoms. The summed E-state index contributed by atoms with van der Waals surface area (Å²) in [5.74, 6) is 0. The van der Waals surface area contributed by atoms with Crippen molar-refractivity contribution in [2.45, 2.75) is 19.4 Å². The number of fused-ring (bicyclic) bond motifs is 1. The molecule has 84 valence electrons. The Balaban J connectivity index is 2.07. The van der Waals surface area contributed by atoms with Gasteiger partial charge in [-0.25, -0.2) is 0 Å². The molecule has 3 heterocycles. The lowest BCUT2D eigenvalue weighted by atomic mass is 9.98. The van der Waals surface area contributed by atoms with Gasteiger partial charge in [0.2, 0.25) is 0 Å². The second-order valence-electron chi connectivity index (χ2n) is 4.26. The minimum atomic E-state index is 0.345. The lowest BCUT2D eigenvalue weighted by molar-refractivity contribution is 0.575. The summed E-state index contributed by atoms with van der Waals surface area (Å²) in [4.78, 5) is 1.46. The Bertz CT molecular complexity index is 512. The number of nitrogens with zero attached hydrogens (tertiary/aromatic N) is 2. The van der Waals surface area contributed by atoms with Crippen molar-refractivity contribution in [3.8, 4) is 0 Å². The number of hydrogen-bond donors (Lipinski definition) is 1. The van der Waals surface area contributed by atoms with Crippen LogP contribution >= 0.6 is 11.3 Å². The first-order chi connectivity index (χ1) is 7.77. The van der Waals surface area contributed by atoms with Crippen LogP contribution in [-0.2, 0) is 13.5 Å². The number of aryl methyl sites for hydroxylation is 1. The number of hydrogen-bond acceptors (Lipinski definition) is 3. The topological polar surface area (TPSA) is 29.9 Å². The second kappa shape index (κ2) is 3.71. The van der Waals surface area contributed by atoms with Crippen molar-refractivity contribution in [3.05, 3.63) is 39.3 Å². The molecule has 0 bridgehead atoms. The molecule has 1 N–H and O–H groups in total. The zero-order chi connectivity index (χ0) is 11.1. The van der Waals surface area contributed by atoms with Crippen LogP contribution in [0, 0.1) is 6.92 Å². The van der Waals surface area contributed by atoms with E-state index < -0.39 is 0 Å². The first kappa shape index (κ1) is 10.1. The van der Waals surface area contributed by atoms with Gasteiger partial charge in [0.1, 0.15) is 0 Å². The maximum atomic E-state index is 4.33. The van der Waals surface area contributed by atoms with Crippen LogP contribution in [0.25, 0.3) is 0 Å². The minimum Gasteiger partial charge on any atom is -0.305 e. The summed E-state index contributed by atoms with van der Waals surface area (Å²) in [5, 5.41) is 10.1. The molecule has 3 rings (SSSR count). The van der Waals surface area contributed by atoms with E-state index in [4.69, 9.17) is 0 Å². The van der Waals surface area contributed by atoms with E-state index in [2.05, 4.69) is 28.8 Å². The van der Waals surface area contributed by atoms with E-state index in [9.17, 15) is 0 Å². The summed E-state index contributed by atoms with van der Waals surface area (Å²) in [6.45, 7) is 3.19. The largest absolute Gasteiger partial charge is 0.305 e. The first-order valence-corrected chi connectivity index (χ1v) is 6.43. The first-order valence-electron chi connectivity index (χ1n) is 5.55. The van der Waals surface area contributed by atoms with Crippen LogP contribution in [-0.4, -0.2) is 16.3 Å². The third-order valence-electron chi connectivity index (χ3n) is 3.37. The van der Waals surface area contributed by atoms with E-state index in [1.807, 2.05) is 29.3 Å². The van der Waals surface area contributed by atoms with E-state index in [0.717, 1.165) is 13.0 Å². The van der Waals surface area contributed by atoms with Crippen molar-refractivity contribution in [2.75, 3.05) is 6.54 Å². The van der Waals surface area contributed by atoms with E-state index in [1.54, 1.807) is 0 Å². The predicted molar refractivity (Wildman–Crippen MR) is 65.8 cm³/mol. The predicted octanol–water partition coefficient (Wildman–Crippen LogP) is 2.03. The Kier molecular flexibility index (Phi) is 2.33. The molecule has 1 aliphatic heterocycles.